The number of anilines is 1. The minimum Gasteiger partial charge on any atom is -0.334 e. The summed E-state index contributed by atoms with van der Waals surface area (Å²) in [6.07, 6.45) is 3.00. The molecule has 0 radical (unpaired) electrons. The van der Waals surface area contributed by atoms with Gasteiger partial charge in [-0.15, -0.1) is 0 Å². The molecule has 0 aliphatic carbocycles. The van der Waals surface area contributed by atoms with Crippen molar-refractivity contribution in [3.63, 3.8) is 0 Å². The molecule has 2 aromatic carbocycles. The van der Waals surface area contributed by atoms with Crippen molar-refractivity contribution in [2.24, 2.45) is 0 Å². The smallest absolute Gasteiger partial charge is 0.319 e. The van der Waals surface area contributed by atoms with E-state index in [2.05, 4.69) is 20.7 Å². The molecule has 0 saturated heterocycles. The van der Waals surface area contributed by atoms with Gasteiger partial charge in [-0.2, -0.15) is 5.10 Å². The van der Waals surface area contributed by atoms with Crippen molar-refractivity contribution in [2.45, 2.75) is 13.1 Å². The first-order valence-electron chi connectivity index (χ1n) is 7.51. The van der Waals surface area contributed by atoms with Gasteiger partial charge in [-0.1, -0.05) is 18.2 Å². The van der Waals surface area contributed by atoms with Gasteiger partial charge < -0.3 is 10.6 Å². The summed E-state index contributed by atoms with van der Waals surface area (Å²) in [5.41, 5.74) is 1.50. The lowest BCUT2D eigenvalue weighted by molar-refractivity contribution is 0.251. The fraction of sp³-hybridized carbons (Fsp3) is 0.118. The van der Waals surface area contributed by atoms with Crippen LogP contribution in [0.1, 0.15) is 11.1 Å². The van der Waals surface area contributed by atoms with Crippen LogP contribution in [0, 0.1) is 11.6 Å². The van der Waals surface area contributed by atoms with E-state index in [4.69, 9.17) is 0 Å². The summed E-state index contributed by atoms with van der Waals surface area (Å²) in [7, 11) is 0. The van der Waals surface area contributed by atoms with Crippen LogP contribution >= 0.6 is 0 Å². The number of carbonyl (C=O) groups excluding carboxylic acids is 1. The molecule has 0 saturated carbocycles. The molecule has 0 aliphatic rings. The number of aromatic nitrogens is 3. The van der Waals surface area contributed by atoms with E-state index in [1.54, 1.807) is 23.1 Å². The topological polar surface area (TPSA) is 71.8 Å². The molecule has 1 aromatic heterocycles. The van der Waals surface area contributed by atoms with Crippen molar-refractivity contribution in [3.8, 4) is 0 Å². The number of halogens is 2. The highest BCUT2D eigenvalue weighted by Gasteiger charge is 2.09. The number of benzene rings is 2. The molecule has 0 unspecified atom stereocenters. The second-order valence-corrected chi connectivity index (χ2v) is 5.29. The van der Waals surface area contributed by atoms with E-state index >= 15 is 0 Å². The van der Waals surface area contributed by atoms with Crippen LogP contribution in [0.4, 0.5) is 19.3 Å². The van der Waals surface area contributed by atoms with E-state index in [-0.39, 0.29) is 12.1 Å². The Morgan fingerprint density at radius 1 is 1.12 bits per heavy atom. The summed E-state index contributed by atoms with van der Waals surface area (Å²) >= 11 is 0. The van der Waals surface area contributed by atoms with Gasteiger partial charge in [0.05, 0.1) is 6.54 Å². The highest BCUT2D eigenvalue weighted by molar-refractivity contribution is 5.90. The lowest BCUT2D eigenvalue weighted by atomic mass is 10.2. The summed E-state index contributed by atoms with van der Waals surface area (Å²) in [6, 6.07) is 9.81. The van der Waals surface area contributed by atoms with E-state index < -0.39 is 17.7 Å². The molecule has 0 bridgehead atoms. The maximum atomic E-state index is 13.6. The highest BCUT2D eigenvalue weighted by atomic mass is 19.1. The second-order valence-electron chi connectivity index (χ2n) is 5.29. The lowest BCUT2D eigenvalue weighted by Gasteiger charge is -2.12. The Labute approximate surface area is 142 Å². The van der Waals surface area contributed by atoms with Crippen LogP contribution in [0.3, 0.4) is 0 Å². The summed E-state index contributed by atoms with van der Waals surface area (Å²) in [5.74, 6) is -1.13. The summed E-state index contributed by atoms with van der Waals surface area (Å²) < 4.78 is 28.3. The zero-order chi connectivity index (χ0) is 17.6. The van der Waals surface area contributed by atoms with Crippen molar-refractivity contribution in [2.75, 3.05) is 5.32 Å². The van der Waals surface area contributed by atoms with Crippen LogP contribution in [-0.4, -0.2) is 20.8 Å². The van der Waals surface area contributed by atoms with Crippen molar-refractivity contribution in [1.82, 2.24) is 20.1 Å². The Balaban J connectivity index is 1.64. The Bertz CT molecular complexity index is 867. The molecule has 128 valence electrons. The van der Waals surface area contributed by atoms with Gasteiger partial charge in [-0.3, -0.25) is 0 Å². The van der Waals surface area contributed by atoms with Gasteiger partial charge in [0, 0.05) is 17.8 Å². The fourth-order valence-electron chi connectivity index (χ4n) is 2.29. The largest absolute Gasteiger partial charge is 0.334 e. The first kappa shape index (κ1) is 16.6. The van der Waals surface area contributed by atoms with Crippen LogP contribution in [0.15, 0.2) is 55.1 Å². The van der Waals surface area contributed by atoms with Gasteiger partial charge >= 0.3 is 6.03 Å². The Kier molecular flexibility index (Phi) is 4.98. The van der Waals surface area contributed by atoms with Crippen molar-refractivity contribution >= 4 is 11.7 Å². The third-order valence-corrected chi connectivity index (χ3v) is 3.51. The molecule has 0 aliphatic heterocycles. The number of nitrogens with one attached hydrogen (secondary N) is 2. The first-order valence-corrected chi connectivity index (χ1v) is 7.51. The first-order chi connectivity index (χ1) is 12.1. The molecule has 3 rings (SSSR count). The normalized spacial score (nSPS) is 10.5. The van der Waals surface area contributed by atoms with Crippen LogP contribution in [0.25, 0.3) is 0 Å². The zero-order valence-corrected chi connectivity index (χ0v) is 13.1. The van der Waals surface area contributed by atoms with Crippen LogP contribution in [0.5, 0.6) is 0 Å². The number of nitrogens with zero attached hydrogens (tertiary/aromatic N) is 3. The molecule has 8 heteroatoms. The molecule has 2 N–H and O–H groups in total. The number of para-hydroxylation sites is 1. The molecule has 2 amide bonds. The van der Waals surface area contributed by atoms with Gasteiger partial charge in [-0.25, -0.2) is 23.2 Å². The summed E-state index contributed by atoms with van der Waals surface area (Å²) in [6.45, 7) is 0.315. The predicted molar refractivity (Wildman–Crippen MR) is 87.8 cm³/mol. The molecular formula is C17H15F2N5O. The Hall–Kier alpha value is -3.29. The monoisotopic (exact) mass is 343 g/mol. The maximum absolute atomic E-state index is 13.6. The zero-order valence-electron chi connectivity index (χ0n) is 13.1. The summed E-state index contributed by atoms with van der Waals surface area (Å²) in [4.78, 5) is 15.9. The molecule has 0 fully saturated rings. The second kappa shape index (κ2) is 7.52. The number of hydrogen-bond donors (Lipinski definition) is 2. The quantitative estimate of drug-likeness (QED) is 0.748. The number of carbonyl (C=O) groups is 1. The average molecular weight is 343 g/mol. The van der Waals surface area contributed by atoms with Crippen LogP contribution in [0.2, 0.25) is 0 Å². The van der Waals surface area contributed by atoms with E-state index in [1.165, 1.54) is 6.33 Å². The number of hydrogen-bond acceptors (Lipinski definition) is 3. The van der Waals surface area contributed by atoms with E-state index in [1.807, 2.05) is 12.1 Å². The third kappa shape index (κ3) is 4.37. The molecule has 25 heavy (non-hydrogen) atoms. The van der Waals surface area contributed by atoms with Gasteiger partial charge in [0.25, 0.3) is 0 Å². The van der Waals surface area contributed by atoms with Crippen molar-refractivity contribution < 1.29 is 13.6 Å². The molecule has 0 spiro atoms. The van der Waals surface area contributed by atoms with Crippen molar-refractivity contribution in [3.05, 3.63) is 77.9 Å². The van der Waals surface area contributed by atoms with Crippen LogP contribution in [-0.2, 0) is 13.1 Å². The molecular weight excluding hydrogens is 328 g/mol. The average Bonchev–Trinajstić information content (AvgIpc) is 3.10. The fourth-order valence-corrected chi connectivity index (χ4v) is 2.29. The predicted octanol–water partition coefficient (Wildman–Crippen LogP) is 2.93. The van der Waals surface area contributed by atoms with E-state index in [0.29, 0.717) is 12.2 Å². The van der Waals surface area contributed by atoms with Gasteiger partial charge in [-0.05, 0) is 29.8 Å². The standard InChI is InChI=1S/C17H15F2N5O/c18-14-5-6-15(19)13(7-14)8-21-17(25)23-16-4-2-1-3-12(16)9-24-11-20-10-22-24/h1-7,10-11H,8-9H2,(H2,21,23,25). The lowest BCUT2D eigenvalue weighted by Crippen LogP contribution is -2.29. The minimum absolute atomic E-state index is 0.0750. The molecule has 0 atom stereocenters. The summed E-state index contributed by atoms with van der Waals surface area (Å²) in [5, 5.41) is 9.24. The molecule has 1 heterocycles. The van der Waals surface area contributed by atoms with Gasteiger partial charge in [0.2, 0.25) is 0 Å². The third-order valence-electron chi connectivity index (χ3n) is 3.51. The maximum Gasteiger partial charge on any atom is 0.319 e. The SMILES string of the molecule is O=C(NCc1cc(F)ccc1F)Nc1ccccc1Cn1cncn1. The number of amides is 2. The Morgan fingerprint density at radius 3 is 2.76 bits per heavy atom. The molecule has 3 aromatic rings. The minimum atomic E-state index is -0.576. The van der Waals surface area contributed by atoms with E-state index in [9.17, 15) is 13.6 Å². The van der Waals surface area contributed by atoms with Gasteiger partial charge in [0.15, 0.2) is 0 Å². The number of rotatable bonds is 5. The van der Waals surface area contributed by atoms with Crippen LogP contribution < -0.4 is 10.6 Å². The molecule has 6 nitrogen and oxygen atoms in total. The Morgan fingerprint density at radius 2 is 1.96 bits per heavy atom. The number of urea groups is 1. The highest BCUT2D eigenvalue weighted by Crippen LogP contribution is 2.16. The van der Waals surface area contributed by atoms with Gasteiger partial charge in [0.1, 0.15) is 24.3 Å². The van der Waals surface area contributed by atoms with E-state index in [0.717, 1.165) is 23.8 Å². The van der Waals surface area contributed by atoms with Crippen molar-refractivity contribution in [1.29, 1.82) is 0 Å².